The molecule has 88 valence electrons. The van der Waals surface area contributed by atoms with E-state index in [1.807, 2.05) is 24.3 Å². The lowest BCUT2D eigenvalue weighted by Crippen LogP contribution is -2.43. The van der Waals surface area contributed by atoms with Crippen molar-refractivity contribution in [3.05, 3.63) is 34.3 Å². The zero-order valence-electron chi connectivity index (χ0n) is 9.06. The van der Waals surface area contributed by atoms with Crippen molar-refractivity contribution < 1.29 is 9.90 Å². The summed E-state index contributed by atoms with van der Waals surface area (Å²) < 4.78 is 0.997. The third-order valence-corrected chi connectivity index (χ3v) is 2.75. The van der Waals surface area contributed by atoms with Gasteiger partial charge in [0.05, 0.1) is 6.61 Å². The average Bonchev–Trinajstić information content (AvgIpc) is 2.30. The average molecular weight is 287 g/mol. The van der Waals surface area contributed by atoms with E-state index in [1.165, 1.54) is 4.90 Å². The van der Waals surface area contributed by atoms with E-state index < -0.39 is 6.04 Å². The molecule has 4 nitrogen and oxygen atoms in total. The monoisotopic (exact) mass is 286 g/mol. The summed E-state index contributed by atoms with van der Waals surface area (Å²) in [6, 6.07) is 6.86. The molecule has 0 heterocycles. The van der Waals surface area contributed by atoms with Gasteiger partial charge in [-0.3, -0.25) is 4.79 Å². The van der Waals surface area contributed by atoms with Gasteiger partial charge in [-0.2, -0.15) is 0 Å². The number of carbonyl (C=O) groups excluding carboxylic acids is 1. The molecule has 1 unspecified atom stereocenters. The van der Waals surface area contributed by atoms with Crippen LogP contribution in [0.5, 0.6) is 0 Å². The van der Waals surface area contributed by atoms with Gasteiger partial charge in [-0.25, -0.2) is 0 Å². The molecule has 0 fully saturated rings. The molecule has 1 amide bonds. The zero-order valence-corrected chi connectivity index (χ0v) is 10.6. The van der Waals surface area contributed by atoms with Gasteiger partial charge in [-0.05, 0) is 17.7 Å². The van der Waals surface area contributed by atoms with Crippen LogP contribution in [0.3, 0.4) is 0 Å². The number of aliphatic hydroxyl groups excluding tert-OH is 1. The largest absolute Gasteiger partial charge is 0.394 e. The normalized spacial score (nSPS) is 12.2. The van der Waals surface area contributed by atoms with Crippen LogP contribution >= 0.6 is 15.9 Å². The second-order valence-electron chi connectivity index (χ2n) is 3.61. The van der Waals surface area contributed by atoms with E-state index in [0.29, 0.717) is 6.54 Å². The summed E-state index contributed by atoms with van der Waals surface area (Å²) in [5.41, 5.74) is 6.46. The van der Waals surface area contributed by atoms with E-state index in [-0.39, 0.29) is 12.5 Å². The number of hydrogen-bond donors (Lipinski definition) is 2. The Morgan fingerprint density at radius 1 is 1.50 bits per heavy atom. The van der Waals surface area contributed by atoms with Crippen LogP contribution < -0.4 is 5.73 Å². The van der Waals surface area contributed by atoms with Crippen molar-refractivity contribution in [2.45, 2.75) is 12.6 Å². The second kappa shape index (κ2) is 5.98. The van der Waals surface area contributed by atoms with Crippen molar-refractivity contribution in [3.63, 3.8) is 0 Å². The Hall–Kier alpha value is -0.910. The summed E-state index contributed by atoms with van der Waals surface area (Å²) in [4.78, 5) is 13.1. The van der Waals surface area contributed by atoms with Crippen molar-refractivity contribution in [3.8, 4) is 0 Å². The van der Waals surface area contributed by atoms with E-state index in [2.05, 4.69) is 15.9 Å². The molecule has 3 N–H and O–H groups in total. The fourth-order valence-corrected chi connectivity index (χ4v) is 1.57. The molecule has 0 saturated heterocycles. The van der Waals surface area contributed by atoms with Crippen LogP contribution in [-0.2, 0) is 11.3 Å². The van der Waals surface area contributed by atoms with Gasteiger partial charge in [0.2, 0.25) is 5.91 Å². The molecule has 0 saturated carbocycles. The predicted octanol–water partition coefficient (Wildman–Crippen LogP) is 0.727. The van der Waals surface area contributed by atoms with Crippen molar-refractivity contribution in [1.82, 2.24) is 4.90 Å². The molecule has 0 aliphatic carbocycles. The Balaban J connectivity index is 2.60. The molecule has 0 aliphatic rings. The van der Waals surface area contributed by atoms with Crippen LogP contribution in [0.25, 0.3) is 0 Å². The molecule has 1 aromatic carbocycles. The highest BCUT2D eigenvalue weighted by atomic mass is 79.9. The number of likely N-dealkylation sites (N-methyl/N-ethyl adjacent to an activating group) is 1. The van der Waals surface area contributed by atoms with Crippen LogP contribution in [-0.4, -0.2) is 35.6 Å². The first kappa shape index (κ1) is 13.2. The molecule has 0 aliphatic heterocycles. The minimum atomic E-state index is -0.833. The first-order valence-corrected chi connectivity index (χ1v) is 5.69. The molecule has 16 heavy (non-hydrogen) atoms. The predicted molar refractivity (Wildman–Crippen MR) is 65.7 cm³/mol. The Labute approximate surface area is 103 Å². The minimum Gasteiger partial charge on any atom is -0.394 e. The van der Waals surface area contributed by atoms with E-state index in [4.69, 9.17) is 10.8 Å². The van der Waals surface area contributed by atoms with Crippen LogP contribution in [0.2, 0.25) is 0 Å². The third-order valence-electron chi connectivity index (χ3n) is 2.22. The number of nitrogens with zero attached hydrogens (tertiary/aromatic N) is 1. The van der Waals surface area contributed by atoms with Crippen LogP contribution in [0.1, 0.15) is 5.56 Å². The van der Waals surface area contributed by atoms with Crippen molar-refractivity contribution in [1.29, 1.82) is 0 Å². The van der Waals surface area contributed by atoms with Crippen LogP contribution in [0.4, 0.5) is 0 Å². The van der Waals surface area contributed by atoms with Gasteiger partial charge < -0.3 is 15.7 Å². The highest BCUT2D eigenvalue weighted by Gasteiger charge is 2.16. The summed E-state index contributed by atoms with van der Waals surface area (Å²) in [5.74, 6) is -0.259. The fraction of sp³-hybridized carbons (Fsp3) is 0.364. The van der Waals surface area contributed by atoms with Gasteiger partial charge in [-0.1, -0.05) is 28.1 Å². The van der Waals surface area contributed by atoms with Crippen LogP contribution in [0.15, 0.2) is 28.7 Å². The van der Waals surface area contributed by atoms with Gasteiger partial charge in [0.15, 0.2) is 0 Å². The molecule has 0 bridgehead atoms. The first-order valence-electron chi connectivity index (χ1n) is 4.90. The lowest BCUT2D eigenvalue weighted by Gasteiger charge is -2.20. The number of hydrogen-bond acceptors (Lipinski definition) is 3. The lowest BCUT2D eigenvalue weighted by molar-refractivity contribution is -0.132. The Morgan fingerprint density at radius 3 is 2.56 bits per heavy atom. The highest BCUT2D eigenvalue weighted by molar-refractivity contribution is 9.10. The van der Waals surface area contributed by atoms with Crippen LogP contribution in [0, 0.1) is 0 Å². The maximum Gasteiger partial charge on any atom is 0.241 e. The number of nitrogens with two attached hydrogens (primary N) is 1. The second-order valence-corrected chi connectivity index (χ2v) is 4.53. The number of rotatable bonds is 4. The van der Waals surface area contributed by atoms with E-state index in [1.54, 1.807) is 7.05 Å². The van der Waals surface area contributed by atoms with Crippen molar-refractivity contribution in [2.24, 2.45) is 5.73 Å². The fourth-order valence-electron chi connectivity index (χ4n) is 1.30. The number of benzene rings is 1. The van der Waals surface area contributed by atoms with Gasteiger partial charge in [0.25, 0.3) is 0 Å². The third kappa shape index (κ3) is 3.59. The summed E-state index contributed by atoms with van der Waals surface area (Å²) in [6.45, 7) is 0.156. The summed E-state index contributed by atoms with van der Waals surface area (Å²) in [7, 11) is 1.67. The first-order chi connectivity index (χ1) is 7.54. The Bertz CT molecular complexity index is 354. The van der Waals surface area contributed by atoms with Gasteiger partial charge in [0, 0.05) is 18.1 Å². The summed E-state index contributed by atoms with van der Waals surface area (Å²) >= 11 is 3.34. The van der Waals surface area contributed by atoms with E-state index >= 15 is 0 Å². The number of amides is 1. The van der Waals surface area contributed by atoms with Gasteiger partial charge in [-0.15, -0.1) is 0 Å². The van der Waals surface area contributed by atoms with E-state index in [9.17, 15) is 4.79 Å². The maximum atomic E-state index is 11.6. The topological polar surface area (TPSA) is 66.6 Å². The maximum absolute atomic E-state index is 11.6. The SMILES string of the molecule is CN(Cc1ccc(Br)cc1)C(=O)C(N)CO. The number of aliphatic hydroxyl groups is 1. The summed E-state index contributed by atoms with van der Waals surface area (Å²) in [6.07, 6.45) is 0. The molecule has 0 aromatic heterocycles. The Kier molecular flexibility index (Phi) is 4.92. The van der Waals surface area contributed by atoms with Crippen molar-refractivity contribution >= 4 is 21.8 Å². The highest BCUT2D eigenvalue weighted by Crippen LogP contribution is 2.11. The smallest absolute Gasteiger partial charge is 0.241 e. The van der Waals surface area contributed by atoms with Crippen molar-refractivity contribution in [2.75, 3.05) is 13.7 Å². The molecule has 0 spiro atoms. The quantitative estimate of drug-likeness (QED) is 0.858. The zero-order chi connectivity index (χ0) is 12.1. The molecular weight excluding hydrogens is 272 g/mol. The minimum absolute atomic E-state index is 0.259. The number of carbonyl (C=O) groups is 1. The molecule has 1 atom stereocenters. The number of halogens is 1. The van der Waals surface area contributed by atoms with Gasteiger partial charge in [0.1, 0.15) is 6.04 Å². The lowest BCUT2D eigenvalue weighted by atomic mass is 10.2. The molecule has 1 rings (SSSR count). The molecule has 5 heteroatoms. The molecule has 1 aromatic rings. The Morgan fingerprint density at radius 2 is 2.06 bits per heavy atom. The van der Waals surface area contributed by atoms with E-state index in [0.717, 1.165) is 10.0 Å². The summed E-state index contributed by atoms with van der Waals surface area (Å²) in [5, 5.41) is 8.78. The molecule has 0 radical (unpaired) electrons. The standard InChI is InChI=1S/C11H15BrN2O2/c1-14(11(16)10(13)7-15)6-8-2-4-9(12)5-3-8/h2-5,10,15H,6-7,13H2,1H3. The van der Waals surface area contributed by atoms with Gasteiger partial charge >= 0.3 is 0 Å². The molecular formula is C11H15BrN2O2.